The first-order valence-electron chi connectivity index (χ1n) is 7.10. The Hall–Kier alpha value is -1.88. The number of piperidine rings is 1. The van der Waals surface area contributed by atoms with Crippen molar-refractivity contribution in [3.8, 4) is 11.5 Å². The molecule has 1 fully saturated rings. The minimum absolute atomic E-state index is 0.563. The van der Waals surface area contributed by atoms with E-state index in [4.69, 9.17) is 4.42 Å². The highest BCUT2D eigenvalue weighted by Gasteiger charge is 2.16. The van der Waals surface area contributed by atoms with Gasteiger partial charge in [-0.15, -0.1) is 10.2 Å². The van der Waals surface area contributed by atoms with Crippen LogP contribution in [0.4, 0.5) is 5.69 Å². The molecule has 20 heavy (non-hydrogen) atoms. The Kier molecular flexibility index (Phi) is 3.97. The van der Waals surface area contributed by atoms with E-state index in [-0.39, 0.29) is 0 Å². The van der Waals surface area contributed by atoms with Crippen molar-refractivity contribution in [3.05, 3.63) is 30.7 Å². The zero-order valence-corrected chi connectivity index (χ0v) is 11.7. The highest BCUT2D eigenvalue weighted by atomic mass is 16.4. The second kappa shape index (κ2) is 6.05. The number of aromatic nitrogens is 2. The van der Waals surface area contributed by atoms with E-state index in [2.05, 4.69) is 39.6 Å². The summed E-state index contributed by atoms with van der Waals surface area (Å²) in [5.41, 5.74) is 2.07. The quantitative estimate of drug-likeness (QED) is 0.926. The molecule has 0 amide bonds. The second-order valence-corrected chi connectivity index (χ2v) is 5.45. The van der Waals surface area contributed by atoms with Gasteiger partial charge in [-0.1, -0.05) is 6.07 Å². The molecule has 0 bridgehead atoms. The fourth-order valence-electron chi connectivity index (χ4n) is 2.59. The molecule has 5 nitrogen and oxygen atoms in total. The largest absolute Gasteiger partial charge is 0.423 e. The van der Waals surface area contributed by atoms with Gasteiger partial charge in [0.25, 0.3) is 0 Å². The predicted octanol–water partition coefficient (Wildman–Crippen LogP) is 2.49. The number of likely N-dealkylation sites (tertiary alicyclic amines) is 1. The lowest BCUT2D eigenvalue weighted by Crippen LogP contribution is -2.32. The van der Waals surface area contributed by atoms with Crippen LogP contribution in [0, 0.1) is 5.92 Å². The summed E-state index contributed by atoms with van der Waals surface area (Å²) in [6.45, 7) is 3.43. The van der Waals surface area contributed by atoms with E-state index in [1.807, 2.05) is 12.1 Å². The Bertz CT molecular complexity index is 533. The zero-order chi connectivity index (χ0) is 13.8. The first-order chi connectivity index (χ1) is 9.81. The maximum atomic E-state index is 5.23. The SMILES string of the molecule is CN1CCC(CNc2cccc(-c3nnco3)c2)CC1. The van der Waals surface area contributed by atoms with Crippen molar-refractivity contribution in [2.24, 2.45) is 5.92 Å². The first-order valence-corrected chi connectivity index (χ1v) is 7.10. The van der Waals surface area contributed by atoms with Crippen molar-refractivity contribution in [1.82, 2.24) is 15.1 Å². The Morgan fingerprint density at radius 3 is 2.95 bits per heavy atom. The summed E-state index contributed by atoms with van der Waals surface area (Å²) in [7, 11) is 2.19. The Labute approximate surface area is 119 Å². The van der Waals surface area contributed by atoms with E-state index in [1.165, 1.54) is 32.3 Å². The van der Waals surface area contributed by atoms with Crippen LogP contribution in [-0.4, -0.2) is 41.8 Å². The van der Waals surface area contributed by atoms with E-state index in [0.717, 1.165) is 23.7 Å². The van der Waals surface area contributed by atoms with Gasteiger partial charge >= 0.3 is 0 Å². The van der Waals surface area contributed by atoms with Gasteiger partial charge in [0.1, 0.15) is 0 Å². The standard InChI is InChI=1S/C15H20N4O/c1-19-7-5-12(6-8-19)10-16-14-4-2-3-13(9-14)15-18-17-11-20-15/h2-4,9,11-12,16H,5-8,10H2,1H3. The topological polar surface area (TPSA) is 54.2 Å². The Balaban J connectivity index is 1.59. The molecule has 2 heterocycles. The number of benzene rings is 1. The summed E-state index contributed by atoms with van der Waals surface area (Å²) >= 11 is 0. The second-order valence-electron chi connectivity index (χ2n) is 5.45. The van der Waals surface area contributed by atoms with Gasteiger partial charge in [0.15, 0.2) is 0 Å². The molecule has 1 saturated heterocycles. The van der Waals surface area contributed by atoms with Crippen molar-refractivity contribution >= 4 is 5.69 Å². The van der Waals surface area contributed by atoms with Gasteiger partial charge < -0.3 is 14.6 Å². The molecule has 1 N–H and O–H groups in total. The summed E-state index contributed by atoms with van der Waals surface area (Å²) in [4.78, 5) is 2.40. The molecular formula is C15H20N4O. The summed E-state index contributed by atoms with van der Waals surface area (Å²) in [6.07, 6.45) is 3.90. The summed E-state index contributed by atoms with van der Waals surface area (Å²) in [5, 5.41) is 11.2. The maximum Gasteiger partial charge on any atom is 0.247 e. The zero-order valence-electron chi connectivity index (χ0n) is 11.7. The fraction of sp³-hybridized carbons (Fsp3) is 0.467. The minimum Gasteiger partial charge on any atom is -0.423 e. The monoisotopic (exact) mass is 272 g/mol. The number of nitrogens with zero attached hydrogens (tertiary/aromatic N) is 3. The highest BCUT2D eigenvalue weighted by Crippen LogP contribution is 2.22. The lowest BCUT2D eigenvalue weighted by molar-refractivity contribution is 0.226. The summed E-state index contributed by atoms with van der Waals surface area (Å²) in [5.74, 6) is 1.33. The summed E-state index contributed by atoms with van der Waals surface area (Å²) < 4.78 is 5.23. The predicted molar refractivity (Wildman–Crippen MR) is 78.4 cm³/mol. The lowest BCUT2D eigenvalue weighted by atomic mass is 9.97. The number of hydrogen-bond donors (Lipinski definition) is 1. The van der Waals surface area contributed by atoms with Crippen molar-refractivity contribution in [1.29, 1.82) is 0 Å². The molecule has 1 aromatic carbocycles. The molecule has 0 radical (unpaired) electrons. The van der Waals surface area contributed by atoms with Crippen LogP contribution in [0.15, 0.2) is 35.1 Å². The normalized spacial score (nSPS) is 17.2. The maximum absolute atomic E-state index is 5.23. The van der Waals surface area contributed by atoms with Crippen LogP contribution in [0.3, 0.4) is 0 Å². The van der Waals surface area contributed by atoms with Gasteiger partial charge in [0.05, 0.1) is 0 Å². The molecule has 2 aromatic rings. The van der Waals surface area contributed by atoms with Crippen molar-refractivity contribution in [3.63, 3.8) is 0 Å². The van der Waals surface area contributed by atoms with Gasteiger partial charge in [-0.25, -0.2) is 0 Å². The van der Waals surface area contributed by atoms with Crippen LogP contribution in [-0.2, 0) is 0 Å². The van der Waals surface area contributed by atoms with Crippen molar-refractivity contribution in [2.45, 2.75) is 12.8 Å². The Morgan fingerprint density at radius 2 is 2.20 bits per heavy atom. The number of nitrogens with one attached hydrogen (secondary N) is 1. The molecule has 3 rings (SSSR count). The van der Waals surface area contributed by atoms with Crippen LogP contribution in [0.2, 0.25) is 0 Å². The summed E-state index contributed by atoms with van der Waals surface area (Å²) in [6, 6.07) is 8.13. The van der Waals surface area contributed by atoms with Crippen LogP contribution < -0.4 is 5.32 Å². The third kappa shape index (κ3) is 3.17. The fourth-order valence-corrected chi connectivity index (χ4v) is 2.59. The highest BCUT2D eigenvalue weighted by molar-refractivity contribution is 5.60. The van der Waals surface area contributed by atoms with E-state index >= 15 is 0 Å². The molecule has 0 spiro atoms. The van der Waals surface area contributed by atoms with Gasteiger partial charge in [-0.05, 0) is 57.1 Å². The first kappa shape index (κ1) is 13.1. The molecule has 1 aliphatic rings. The molecule has 0 saturated carbocycles. The average molecular weight is 272 g/mol. The molecule has 0 aliphatic carbocycles. The van der Waals surface area contributed by atoms with E-state index in [0.29, 0.717) is 5.89 Å². The number of anilines is 1. The lowest BCUT2D eigenvalue weighted by Gasteiger charge is -2.29. The van der Waals surface area contributed by atoms with Crippen LogP contribution >= 0.6 is 0 Å². The number of hydrogen-bond acceptors (Lipinski definition) is 5. The molecule has 1 aromatic heterocycles. The third-order valence-corrected chi connectivity index (χ3v) is 3.90. The molecular weight excluding hydrogens is 252 g/mol. The molecule has 0 atom stereocenters. The van der Waals surface area contributed by atoms with Gasteiger partial charge in [-0.3, -0.25) is 0 Å². The van der Waals surface area contributed by atoms with E-state index in [1.54, 1.807) is 0 Å². The minimum atomic E-state index is 0.563. The van der Waals surface area contributed by atoms with Crippen molar-refractivity contribution in [2.75, 3.05) is 32.0 Å². The van der Waals surface area contributed by atoms with Crippen LogP contribution in [0.5, 0.6) is 0 Å². The molecule has 1 aliphatic heterocycles. The third-order valence-electron chi connectivity index (χ3n) is 3.90. The van der Waals surface area contributed by atoms with Crippen LogP contribution in [0.1, 0.15) is 12.8 Å². The molecule has 0 unspecified atom stereocenters. The Morgan fingerprint density at radius 1 is 1.35 bits per heavy atom. The van der Waals surface area contributed by atoms with Crippen LogP contribution in [0.25, 0.3) is 11.5 Å². The number of rotatable bonds is 4. The van der Waals surface area contributed by atoms with Gasteiger partial charge in [-0.2, -0.15) is 0 Å². The van der Waals surface area contributed by atoms with E-state index < -0.39 is 0 Å². The van der Waals surface area contributed by atoms with Gasteiger partial charge in [0, 0.05) is 17.8 Å². The molecule has 5 heteroatoms. The van der Waals surface area contributed by atoms with E-state index in [9.17, 15) is 0 Å². The van der Waals surface area contributed by atoms with Crippen molar-refractivity contribution < 1.29 is 4.42 Å². The smallest absolute Gasteiger partial charge is 0.247 e. The average Bonchev–Trinajstić information content (AvgIpc) is 3.01. The van der Waals surface area contributed by atoms with Gasteiger partial charge in [0.2, 0.25) is 12.3 Å². The molecule has 106 valence electrons.